The Morgan fingerprint density at radius 2 is 1.27 bits per heavy atom. The summed E-state index contributed by atoms with van der Waals surface area (Å²) in [5.74, 6) is -3.04. The van der Waals surface area contributed by atoms with Crippen LogP contribution in [-0.4, -0.2) is 46.1 Å². The second kappa shape index (κ2) is 13.5. The maximum absolute atomic E-state index is 10.8. The quantitative estimate of drug-likeness (QED) is 0.401. The molecule has 22 heavy (non-hydrogen) atoms. The van der Waals surface area contributed by atoms with Gasteiger partial charge in [0.2, 0.25) is 0 Å². The van der Waals surface area contributed by atoms with Crippen LogP contribution < -0.4 is 0 Å². The Balaban J connectivity index is 3.54. The molecule has 0 saturated heterocycles. The van der Waals surface area contributed by atoms with Crippen LogP contribution in [0.1, 0.15) is 71.1 Å². The van der Waals surface area contributed by atoms with Crippen molar-refractivity contribution < 1.29 is 29.6 Å². The highest BCUT2D eigenvalue weighted by molar-refractivity contribution is 5.83. The van der Waals surface area contributed by atoms with Crippen molar-refractivity contribution in [1.82, 2.24) is 0 Å². The van der Waals surface area contributed by atoms with E-state index in [4.69, 9.17) is 14.9 Å². The van der Waals surface area contributed by atoms with Crippen molar-refractivity contribution >= 4 is 11.9 Å². The summed E-state index contributed by atoms with van der Waals surface area (Å²) in [5.41, 5.74) is 0. The van der Waals surface area contributed by atoms with Gasteiger partial charge in [-0.15, -0.1) is 0 Å². The van der Waals surface area contributed by atoms with Gasteiger partial charge in [-0.1, -0.05) is 64.7 Å². The molecular weight excluding hydrogens is 288 g/mol. The molecule has 0 bridgehead atoms. The lowest BCUT2D eigenvalue weighted by Crippen LogP contribution is -2.41. The molecule has 130 valence electrons. The zero-order valence-electron chi connectivity index (χ0n) is 13.5. The molecule has 2 atom stereocenters. The highest BCUT2D eigenvalue weighted by Crippen LogP contribution is 2.11. The third-order valence-electron chi connectivity index (χ3n) is 3.58. The number of hydrogen-bond acceptors (Lipinski definition) is 4. The fourth-order valence-corrected chi connectivity index (χ4v) is 2.23. The molecule has 0 saturated carbocycles. The third kappa shape index (κ3) is 10.6. The highest BCUT2D eigenvalue weighted by Gasteiger charge is 2.32. The standard InChI is InChI=1S/C16H30O6/c1-2-3-4-5-6-7-8-9-10-11-12-22-14(16(20)21)13(17)15(18)19/h13-14,17H,2-12H2,1H3,(H,18,19)(H,20,21)/t13-,14-/m1/s1. The van der Waals surface area contributed by atoms with Gasteiger partial charge < -0.3 is 20.1 Å². The molecule has 0 aliphatic carbocycles. The van der Waals surface area contributed by atoms with Gasteiger partial charge >= 0.3 is 11.9 Å². The topological polar surface area (TPSA) is 104 Å². The van der Waals surface area contributed by atoms with E-state index in [2.05, 4.69) is 6.92 Å². The summed E-state index contributed by atoms with van der Waals surface area (Å²) < 4.78 is 4.97. The largest absolute Gasteiger partial charge is 0.479 e. The van der Waals surface area contributed by atoms with Crippen molar-refractivity contribution in [3.63, 3.8) is 0 Å². The Kier molecular flexibility index (Phi) is 12.8. The molecule has 0 unspecified atom stereocenters. The van der Waals surface area contributed by atoms with Crippen LogP contribution in [0.25, 0.3) is 0 Å². The Labute approximate surface area is 132 Å². The van der Waals surface area contributed by atoms with Crippen LogP contribution in [0.2, 0.25) is 0 Å². The monoisotopic (exact) mass is 318 g/mol. The van der Waals surface area contributed by atoms with E-state index in [1.807, 2.05) is 0 Å². The van der Waals surface area contributed by atoms with Crippen LogP contribution in [-0.2, 0) is 14.3 Å². The minimum Gasteiger partial charge on any atom is -0.479 e. The molecule has 6 nitrogen and oxygen atoms in total. The zero-order valence-corrected chi connectivity index (χ0v) is 13.5. The number of aliphatic hydroxyl groups excluding tert-OH is 1. The van der Waals surface area contributed by atoms with Gasteiger partial charge in [0.25, 0.3) is 0 Å². The van der Waals surface area contributed by atoms with Gasteiger partial charge in [-0.05, 0) is 6.42 Å². The van der Waals surface area contributed by atoms with Crippen molar-refractivity contribution in [1.29, 1.82) is 0 Å². The van der Waals surface area contributed by atoms with Gasteiger partial charge in [0.15, 0.2) is 12.2 Å². The van der Waals surface area contributed by atoms with Crippen LogP contribution >= 0.6 is 0 Å². The molecule has 0 spiro atoms. The first-order chi connectivity index (χ1) is 10.5. The van der Waals surface area contributed by atoms with E-state index in [9.17, 15) is 14.7 Å². The average molecular weight is 318 g/mol. The summed E-state index contributed by atoms with van der Waals surface area (Å²) in [6.07, 6.45) is 7.76. The first-order valence-electron chi connectivity index (χ1n) is 8.26. The maximum Gasteiger partial charge on any atom is 0.336 e. The molecule has 0 rings (SSSR count). The van der Waals surface area contributed by atoms with Gasteiger partial charge in [-0.3, -0.25) is 0 Å². The van der Waals surface area contributed by atoms with E-state index >= 15 is 0 Å². The number of carboxylic acid groups (broad SMARTS) is 2. The van der Waals surface area contributed by atoms with Crippen LogP contribution in [0.3, 0.4) is 0 Å². The Morgan fingerprint density at radius 1 is 0.818 bits per heavy atom. The fraction of sp³-hybridized carbons (Fsp3) is 0.875. The van der Waals surface area contributed by atoms with Crippen LogP contribution in [0.15, 0.2) is 0 Å². The van der Waals surface area contributed by atoms with Gasteiger partial charge in [0.05, 0.1) is 0 Å². The Hall–Kier alpha value is -1.14. The smallest absolute Gasteiger partial charge is 0.336 e. The predicted octanol–water partition coefficient (Wildman–Crippen LogP) is 2.82. The molecule has 0 heterocycles. The Morgan fingerprint density at radius 3 is 1.68 bits per heavy atom. The summed E-state index contributed by atoms with van der Waals surface area (Å²) in [4.78, 5) is 21.4. The normalized spacial score (nSPS) is 13.7. The molecular formula is C16H30O6. The van der Waals surface area contributed by atoms with Crippen molar-refractivity contribution in [2.45, 2.75) is 83.3 Å². The molecule has 0 aliphatic heterocycles. The van der Waals surface area contributed by atoms with E-state index in [-0.39, 0.29) is 6.61 Å². The molecule has 0 aromatic carbocycles. The highest BCUT2D eigenvalue weighted by atomic mass is 16.5. The SMILES string of the molecule is CCCCCCCCCCCCO[C@@H](C(=O)O)[C@@H](O)C(=O)O. The van der Waals surface area contributed by atoms with Crippen molar-refractivity contribution in [2.75, 3.05) is 6.61 Å². The number of ether oxygens (including phenoxy) is 1. The van der Waals surface area contributed by atoms with E-state index in [1.54, 1.807) is 0 Å². The van der Waals surface area contributed by atoms with Crippen LogP contribution in [0, 0.1) is 0 Å². The van der Waals surface area contributed by atoms with E-state index in [1.165, 1.54) is 38.5 Å². The molecule has 0 aromatic heterocycles. The van der Waals surface area contributed by atoms with Crippen LogP contribution in [0.4, 0.5) is 0 Å². The van der Waals surface area contributed by atoms with Crippen LogP contribution in [0.5, 0.6) is 0 Å². The molecule has 0 fully saturated rings. The summed E-state index contributed by atoms with van der Waals surface area (Å²) in [6.45, 7) is 2.35. The lowest BCUT2D eigenvalue weighted by Gasteiger charge is -2.16. The molecule has 0 aromatic rings. The van der Waals surface area contributed by atoms with Gasteiger partial charge in [-0.25, -0.2) is 9.59 Å². The number of aliphatic carboxylic acids is 2. The minimum absolute atomic E-state index is 0.151. The number of aliphatic hydroxyl groups is 1. The van der Waals surface area contributed by atoms with Gasteiger partial charge in [0.1, 0.15) is 0 Å². The second-order valence-corrected chi connectivity index (χ2v) is 5.59. The van der Waals surface area contributed by atoms with E-state index < -0.39 is 24.1 Å². The molecule has 3 N–H and O–H groups in total. The number of hydrogen-bond donors (Lipinski definition) is 3. The predicted molar refractivity (Wildman–Crippen MR) is 82.9 cm³/mol. The minimum atomic E-state index is -2.03. The van der Waals surface area contributed by atoms with Gasteiger partial charge in [-0.2, -0.15) is 0 Å². The summed E-state index contributed by atoms with van der Waals surface area (Å²) >= 11 is 0. The molecule has 6 heteroatoms. The number of carboxylic acids is 2. The Bertz CT molecular complexity index is 305. The second-order valence-electron chi connectivity index (χ2n) is 5.59. The zero-order chi connectivity index (χ0) is 16.8. The van der Waals surface area contributed by atoms with Gasteiger partial charge in [0, 0.05) is 6.61 Å². The number of carbonyl (C=O) groups is 2. The summed E-state index contributed by atoms with van der Waals surface area (Å²) in [5, 5.41) is 26.6. The lowest BCUT2D eigenvalue weighted by atomic mass is 10.1. The third-order valence-corrected chi connectivity index (χ3v) is 3.58. The number of rotatable bonds is 15. The average Bonchev–Trinajstić information content (AvgIpc) is 2.47. The lowest BCUT2D eigenvalue weighted by molar-refractivity contribution is -0.171. The molecule has 0 amide bonds. The summed E-state index contributed by atoms with van der Waals surface area (Å²) in [7, 11) is 0. The first kappa shape index (κ1) is 20.9. The first-order valence-corrected chi connectivity index (χ1v) is 8.26. The number of unbranched alkanes of at least 4 members (excludes halogenated alkanes) is 9. The fourth-order valence-electron chi connectivity index (χ4n) is 2.23. The summed E-state index contributed by atoms with van der Waals surface area (Å²) in [6, 6.07) is 0. The molecule has 0 aliphatic rings. The van der Waals surface area contributed by atoms with E-state index in [0.717, 1.165) is 19.3 Å². The van der Waals surface area contributed by atoms with Crippen molar-refractivity contribution in [2.24, 2.45) is 0 Å². The van der Waals surface area contributed by atoms with Crippen molar-refractivity contribution in [3.8, 4) is 0 Å². The maximum atomic E-state index is 10.8. The van der Waals surface area contributed by atoms with Crippen molar-refractivity contribution in [3.05, 3.63) is 0 Å². The van der Waals surface area contributed by atoms with E-state index in [0.29, 0.717) is 6.42 Å². The molecule has 0 radical (unpaired) electrons.